The first-order valence-electron chi connectivity index (χ1n) is 3.82. The summed E-state index contributed by atoms with van der Waals surface area (Å²) >= 11 is 0. The van der Waals surface area contributed by atoms with E-state index in [-0.39, 0.29) is 11.9 Å². The predicted molar refractivity (Wildman–Crippen MR) is 40.6 cm³/mol. The highest BCUT2D eigenvalue weighted by Crippen LogP contribution is 2.21. The number of rotatable bonds is 0. The van der Waals surface area contributed by atoms with Crippen LogP contribution in [0.25, 0.3) is 0 Å². The van der Waals surface area contributed by atoms with Crippen LogP contribution in [0.4, 0.5) is 0 Å². The zero-order valence-corrected chi connectivity index (χ0v) is 6.87. The molecule has 1 amide bonds. The summed E-state index contributed by atoms with van der Waals surface area (Å²) in [6.07, 6.45) is 0.829. The Morgan fingerprint density at radius 2 is 2.36 bits per heavy atom. The minimum absolute atomic E-state index is 0.0147. The molecule has 1 aliphatic heterocycles. The number of nitriles is 1. The number of hydrogen-bond donors (Lipinski definition) is 0. The SMILES string of the molecule is CC(=O)N1CC(C)CC1C#N. The highest BCUT2D eigenvalue weighted by Gasteiger charge is 2.30. The van der Waals surface area contributed by atoms with Gasteiger partial charge in [0.05, 0.1) is 6.07 Å². The molecule has 2 unspecified atom stereocenters. The van der Waals surface area contributed by atoms with Crippen molar-refractivity contribution >= 4 is 5.91 Å². The van der Waals surface area contributed by atoms with Crippen LogP contribution >= 0.6 is 0 Å². The van der Waals surface area contributed by atoms with E-state index >= 15 is 0 Å². The molecule has 3 nitrogen and oxygen atoms in total. The fraction of sp³-hybridized carbons (Fsp3) is 0.750. The highest BCUT2D eigenvalue weighted by molar-refractivity contribution is 5.74. The van der Waals surface area contributed by atoms with Crippen molar-refractivity contribution in [2.45, 2.75) is 26.3 Å². The molecule has 1 heterocycles. The summed E-state index contributed by atoms with van der Waals surface area (Å²) in [6.45, 7) is 4.32. The van der Waals surface area contributed by atoms with E-state index in [0.717, 1.165) is 13.0 Å². The zero-order valence-electron chi connectivity index (χ0n) is 6.87. The monoisotopic (exact) mass is 152 g/mol. The lowest BCUT2D eigenvalue weighted by Gasteiger charge is -2.16. The highest BCUT2D eigenvalue weighted by atomic mass is 16.2. The molecule has 0 saturated carbocycles. The first-order chi connectivity index (χ1) is 5.15. The normalized spacial score (nSPS) is 30.1. The molecule has 0 bridgehead atoms. The molecule has 0 aliphatic carbocycles. The number of hydrogen-bond acceptors (Lipinski definition) is 2. The van der Waals surface area contributed by atoms with Gasteiger partial charge >= 0.3 is 0 Å². The predicted octanol–water partition coefficient (Wildman–Crippen LogP) is 0.767. The fourth-order valence-electron chi connectivity index (χ4n) is 1.52. The standard InChI is InChI=1S/C8H12N2O/c1-6-3-8(4-9)10(5-6)7(2)11/h6,8H,3,5H2,1-2H3. The summed E-state index contributed by atoms with van der Waals surface area (Å²) in [6, 6.07) is 1.95. The van der Waals surface area contributed by atoms with Crippen molar-refractivity contribution in [3.63, 3.8) is 0 Å². The molecule has 60 valence electrons. The summed E-state index contributed by atoms with van der Waals surface area (Å²) in [4.78, 5) is 12.6. The molecule has 0 N–H and O–H groups in total. The number of amides is 1. The fourth-order valence-corrected chi connectivity index (χ4v) is 1.52. The molecule has 1 aliphatic rings. The van der Waals surface area contributed by atoms with Gasteiger partial charge in [0.15, 0.2) is 0 Å². The Morgan fingerprint density at radius 3 is 2.73 bits per heavy atom. The largest absolute Gasteiger partial charge is 0.327 e. The van der Waals surface area contributed by atoms with Gasteiger partial charge in [-0.25, -0.2) is 0 Å². The Bertz CT molecular complexity index is 207. The van der Waals surface area contributed by atoms with Crippen molar-refractivity contribution in [2.75, 3.05) is 6.54 Å². The van der Waals surface area contributed by atoms with Gasteiger partial charge in [-0.15, -0.1) is 0 Å². The first kappa shape index (κ1) is 8.06. The Labute approximate surface area is 66.6 Å². The second kappa shape index (κ2) is 2.91. The van der Waals surface area contributed by atoms with Crippen molar-refractivity contribution < 1.29 is 4.79 Å². The lowest BCUT2D eigenvalue weighted by molar-refractivity contribution is -0.128. The minimum Gasteiger partial charge on any atom is -0.327 e. The van der Waals surface area contributed by atoms with E-state index in [0.29, 0.717) is 5.92 Å². The second-order valence-electron chi connectivity index (χ2n) is 3.16. The van der Waals surface area contributed by atoms with Crippen LogP contribution in [0.15, 0.2) is 0 Å². The van der Waals surface area contributed by atoms with Crippen molar-refractivity contribution in [1.82, 2.24) is 4.90 Å². The Hall–Kier alpha value is -1.04. The van der Waals surface area contributed by atoms with E-state index in [9.17, 15) is 4.79 Å². The van der Waals surface area contributed by atoms with Crippen LogP contribution in [0.3, 0.4) is 0 Å². The zero-order chi connectivity index (χ0) is 8.43. The lowest BCUT2D eigenvalue weighted by atomic mass is 10.1. The van der Waals surface area contributed by atoms with Gasteiger partial charge in [-0.3, -0.25) is 4.79 Å². The second-order valence-corrected chi connectivity index (χ2v) is 3.16. The van der Waals surface area contributed by atoms with E-state index in [1.165, 1.54) is 6.92 Å². The quantitative estimate of drug-likeness (QED) is 0.514. The van der Waals surface area contributed by atoms with Crippen LogP contribution < -0.4 is 0 Å². The van der Waals surface area contributed by atoms with Crippen LogP contribution in [0.2, 0.25) is 0 Å². The van der Waals surface area contributed by atoms with Gasteiger partial charge in [-0.2, -0.15) is 5.26 Å². The average molecular weight is 152 g/mol. The summed E-state index contributed by atoms with van der Waals surface area (Å²) in [5.74, 6) is 0.490. The van der Waals surface area contributed by atoms with Crippen LogP contribution in [-0.4, -0.2) is 23.4 Å². The van der Waals surface area contributed by atoms with Crippen LogP contribution in [0, 0.1) is 17.2 Å². The molecule has 0 aromatic rings. The Morgan fingerprint density at radius 1 is 1.73 bits per heavy atom. The molecule has 3 heteroatoms. The number of likely N-dealkylation sites (tertiary alicyclic amines) is 1. The van der Waals surface area contributed by atoms with E-state index in [1.807, 2.05) is 0 Å². The van der Waals surface area contributed by atoms with Crippen LogP contribution in [0.1, 0.15) is 20.3 Å². The third-order valence-electron chi connectivity index (χ3n) is 2.06. The van der Waals surface area contributed by atoms with Gasteiger partial charge in [0, 0.05) is 13.5 Å². The third kappa shape index (κ3) is 1.51. The van der Waals surface area contributed by atoms with E-state index < -0.39 is 0 Å². The van der Waals surface area contributed by atoms with E-state index in [4.69, 9.17) is 5.26 Å². The van der Waals surface area contributed by atoms with Gasteiger partial charge in [0.25, 0.3) is 0 Å². The maximum absolute atomic E-state index is 10.9. The third-order valence-corrected chi connectivity index (χ3v) is 2.06. The maximum atomic E-state index is 10.9. The first-order valence-corrected chi connectivity index (χ1v) is 3.82. The minimum atomic E-state index is -0.178. The smallest absolute Gasteiger partial charge is 0.220 e. The van der Waals surface area contributed by atoms with Crippen molar-refractivity contribution in [3.8, 4) is 6.07 Å². The molecular formula is C8H12N2O. The molecule has 0 radical (unpaired) electrons. The molecule has 0 aromatic heterocycles. The van der Waals surface area contributed by atoms with Crippen LogP contribution in [0.5, 0.6) is 0 Å². The molecule has 2 atom stereocenters. The summed E-state index contributed by atoms with van der Waals surface area (Å²) in [7, 11) is 0. The van der Waals surface area contributed by atoms with Gasteiger partial charge in [0.1, 0.15) is 6.04 Å². The molecular weight excluding hydrogens is 140 g/mol. The Kier molecular flexibility index (Phi) is 2.13. The topological polar surface area (TPSA) is 44.1 Å². The molecule has 0 spiro atoms. The molecule has 1 rings (SSSR count). The van der Waals surface area contributed by atoms with Gasteiger partial charge < -0.3 is 4.90 Å². The average Bonchev–Trinajstić information content (AvgIpc) is 2.30. The summed E-state index contributed by atoms with van der Waals surface area (Å²) in [5, 5.41) is 8.66. The summed E-state index contributed by atoms with van der Waals surface area (Å²) < 4.78 is 0. The molecule has 1 saturated heterocycles. The number of carbonyl (C=O) groups is 1. The number of carbonyl (C=O) groups excluding carboxylic acids is 1. The van der Waals surface area contributed by atoms with Crippen molar-refractivity contribution in [2.24, 2.45) is 5.92 Å². The Balaban J connectivity index is 2.67. The van der Waals surface area contributed by atoms with E-state index in [2.05, 4.69) is 13.0 Å². The molecule has 0 aromatic carbocycles. The van der Waals surface area contributed by atoms with E-state index in [1.54, 1.807) is 4.90 Å². The van der Waals surface area contributed by atoms with Crippen molar-refractivity contribution in [3.05, 3.63) is 0 Å². The van der Waals surface area contributed by atoms with Crippen molar-refractivity contribution in [1.29, 1.82) is 5.26 Å². The van der Waals surface area contributed by atoms with Gasteiger partial charge in [-0.05, 0) is 12.3 Å². The van der Waals surface area contributed by atoms with Gasteiger partial charge in [0.2, 0.25) is 5.91 Å². The molecule has 11 heavy (non-hydrogen) atoms. The summed E-state index contributed by atoms with van der Waals surface area (Å²) in [5.41, 5.74) is 0. The lowest BCUT2D eigenvalue weighted by Crippen LogP contribution is -2.32. The number of nitrogens with zero attached hydrogens (tertiary/aromatic N) is 2. The van der Waals surface area contributed by atoms with Gasteiger partial charge in [-0.1, -0.05) is 6.92 Å². The maximum Gasteiger partial charge on any atom is 0.220 e. The van der Waals surface area contributed by atoms with Crippen LogP contribution in [-0.2, 0) is 4.79 Å². The molecule has 1 fully saturated rings.